The lowest BCUT2D eigenvalue weighted by Gasteiger charge is -2.43. The second-order valence-corrected chi connectivity index (χ2v) is 12.7. The van der Waals surface area contributed by atoms with Crippen LogP contribution in [0, 0.1) is 0 Å². The monoisotopic (exact) mass is 504 g/mol. The number of β-lactam (4-membered cyclic amide) rings is 1. The van der Waals surface area contributed by atoms with Gasteiger partial charge in [0, 0.05) is 11.5 Å². The molecule has 2 amide bonds. The lowest BCUT2D eigenvalue weighted by molar-refractivity contribution is -0.163. The van der Waals surface area contributed by atoms with E-state index in [1.54, 1.807) is 6.92 Å². The number of esters is 2. The van der Waals surface area contributed by atoms with E-state index in [4.69, 9.17) is 9.47 Å². The molecule has 0 spiro atoms. The number of rotatable bonds is 7. The first-order valence-electron chi connectivity index (χ1n) is 9.81. The molecule has 0 radical (unpaired) electrons. The molecule has 176 valence electrons. The predicted octanol–water partition coefficient (Wildman–Crippen LogP) is 0.199. The molecule has 0 aromatic heterocycles. The number of hydrogen-bond acceptors (Lipinski definition) is 10. The largest absolute Gasteiger partial charge is 0.462 e. The van der Waals surface area contributed by atoms with Gasteiger partial charge in [0.2, 0.25) is 5.91 Å². The van der Waals surface area contributed by atoms with Crippen LogP contribution in [-0.2, 0) is 38.5 Å². The fraction of sp³-hybridized carbons (Fsp3) is 0.579. The van der Waals surface area contributed by atoms with E-state index in [-0.39, 0.29) is 18.8 Å². The maximum atomic E-state index is 13.2. The first kappa shape index (κ1) is 24.6. The molecule has 3 aliphatic rings. The summed E-state index contributed by atoms with van der Waals surface area (Å²) in [7, 11) is -4.07. The minimum atomic E-state index is -4.07. The third-order valence-electron chi connectivity index (χ3n) is 5.38. The molecule has 10 nitrogen and oxygen atoms in total. The molecule has 3 saturated heterocycles. The first-order chi connectivity index (χ1) is 15.0. The van der Waals surface area contributed by atoms with Crippen molar-refractivity contribution in [2.75, 3.05) is 24.7 Å². The number of ether oxygens (including phenoxy) is 2. The molecule has 3 aliphatic heterocycles. The van der Waals surface area contributed by atoms with E-state index >= 15 is 0 Å². The highest BCUT2D eigenvalue weighted by Gasteiger charge is 2.72. The molecule has 0 aromatic rings. The van der Waals surface area contributed by atoms with E-state index in [0.717, 1.165) is 4.90 Å². The maximum Gasteiger partial charge on any atom is 0.345 e. The zero-order valence-corrected chi connectivity index (χ0v) is 20.2. The van der Waals surface area contributed by atoms with Crippen LogP contribution in [-0.4, -0.2) is 84.0 Å². The number of fused-ring (bicyclic) bond motifs is 1. The number of carbonyl (C=O) groups is 4. The van der Waals surface area contributed by atoms with Crippen LogP contribution in [0.1, 0.15) is 20.8 Å². The van der Waals surface area contributed by atoms with Gasteiger partial charge in [-0.15, -0.1) is 23.5 Å². The summed E-state index contributed by atoms with van der Waals surface area (Å²) < 4.78 is 35.2. The van der Waals surface area contributed by atoms with Gasteiger partial charge in [0.25, 0.3) is 5.91 Å². The normalized spacial score (nSPS) is 27.2. The van der Waals surface area contributed by atoms with E-state index in [0.29, 0.717) is 15.7 Å². The fourth-order valence-electron chi connectivity index (χ4n) is 3.78. The van der Waals surface area contributed by atoms with Crippen LogP contribution < -0.4 is 5.32 Å². The molecular weight excluding hydrogens is 480 g/mol. The van der Waals surface area contributed by atoms with Crippen molar-refractivity contribution >= 4 is 57.1 Å². The van der Waals surface area contributed by atoms with Crippen LogP contribution in [0.25, 0.3) is 0 Å². The van der Waals surface area contributed by atoms with Crippen molar-refractivity contribution in [3.05, 3.63) is 22.5 Å². The molecule has 3 atom stereocenters. The summed E-state index contributed by atoms with van der Waals surface area (Å²) >= 11 is 2.63. The molecular formula is C19H24N2O8S3. The van der Waals surface area contributed by atoms with Gasteiger partial charge in [-0.05, 0) is 20.8 Å². The summed E-state index contributed by atoms with van der Waals surface area (Å²) in [4.78, 5) is 51.7. The standard InChI is InChI=1S/C19H24N2O8S3/c1-5-7-29-17(25)12-19(3,4)32(26,27)15-11(14(23)21(12)15)20-13(22)10(16(24)28-6-2)18-30-8-9-31-18/h5,11-12,15H,1,6-9H2,2-4H3,(H,20,22)/t11-,12?,15-/m1/s1. The van der Waals surface area contributed by atoms with Crippen molar-refractivity contribution in [1.82, 2.24) is 10.2 Å². The van der Waals surface area contributed by atoms with E-state index < -0.39 is 55.8 Å². The average molecular weight is 505 g/mol. The van der Waals surface area contributed by atoms with Gasteiger partial charge in [-0.25, -0.2) is 18.0 Å². The van der Waals surface area contributed by atoms with Crippen LogP contribution >= 0.6 is 23.5 Å². The number of amides is 2. The maximum absolute atomic E-state index is 13.2. The Balaban J connectivity index is 1.88. The molecule has 3 fully saturated rings. The minimum absolute atomic E-state index is 0.0497. The number of thioether (sulfide) groups is 2. The SMILES string of the molecule is C=CCOC(=O)C1N2C(=O)[C@@H](NC(=O)C(C(=O)OCC)=C3SCCS3)[C@H]2S(=O)(=O)C1(C)C. The van der Waals surface area contributed by atoms with Crippen molar-refractivity contribution in [1.29, 1.82) is 0 Å². The molecule has 0 aliphatic carbocycles. The Morgan fingerprint density at radius 2 is 1.88 bits per heavy atom. The van der Waals surface area contributed by atoms with Gasteiger partial charge >= 0.3 is 11.9 Å². The zero-order valence-electron chi connectivity index (χ0n) is 17.8. The van der Waals surface area contributed by atoms with E-state index in [1.807, 2.05) is 0 Å². The summed E-state index contributed by atoms with van der Waals surface area (Å²) in [6.07, 6.45) is 1.33. The molecule has 3 heterocycles. The Labute approximate surface area is 194 Å². The highest BCUT2D eigenvalue weighted by molar-refractivity contribution is 8.25. The lowest BCUT2D eigenvalue weighted by Crippen LogP contribution is -2.72. The van der Waals surface area contributed by atoms with Crippen molar-refractivity contribution in [3.63, 3.8) is 0 Å². The number of hydrogen-bond donors (Lipinski definition) is 1. The minimum Gasteiger partial charge on any atom is -0.462 e. The summed E-state index contributed by atoms with van der Waals surface area (Å²) in [5.41, 5.74) is -0.248. The third-order valence-corrected chi connectivity index (χ3v) is 10.9. The van der Waals surface area contributed by atoms with Crippen LogP contribution in [0.3, 0.4) is 0 Å². The van der Waals surface area contributed by atoms with Crippen LogP contribution in [0.15, 0.2) is 22.5 Å². The molecule has 0 aromatic carbocycles. The fourth-order valence-corrected chi connectivity index (χ4v) is 8.50. The average Bonchev–Trinajstić information content (AvgIpc) is 3.28. The second kappa shape index (κ2) is 9.10. The third kappa shape index (κ3) is 3.83. The smallest absolute Gasteiger partial charge is 0.345 e. The summed E-state index contributed by atoms with van der Waals surface area (Å²) in [6.45, 7) is 7.63. The van der Waals surface area contributed by atoms with Crippen molar-refractivity contribution in [3.8, 4) is 0 Å². The van der Waals surface area contributed by atoms with Gasteiger partial charge in [0.1, 0.15) is 29.0 Å². The molecule has 0 bridgehead atoms. The van der Waals surface area contributed by atoms with Crippen molar-refractivity contribution < 1.29 is 37.1 Å². The van der Waals surface area contributed by atoms with Gasteiger partial charge in [-0.1, -0.05) is 12.7 Å². The first-order valence-corrected chi connectivity index (χ1v) is 13.3. The highest BCUT2D eigenvalue weighted by atomic mass is 32.2. The van der Waals surface area contributed by atoms with Crippen molar-refractivity contribution in [2.24, 2.45) is 0 Å². The number of nitrogens with one attached hydrogen (secondary N) is 1. The summed E-state index contributed by atoms with van der Waals surface area (Å²) in [5, 5.41) is 0.950. The number of nitrogens with zero attached hydrogens (tertiary/aromatic N) is 1. The van der Waals surface area contributed by atoms with E-state index in [2.05, 4.69) is 11.9 Å². The molecule has 1 unspecified atom stereocenters. The highest BCUT2D eigenvalue weighted by Crippen LogP contribution is 2.46. The topological polar surface area (TPSA) is 136 Å². The van der Waals surface area contributed by atoms with Gasteiger partial charge in [-0.3, -0.25) is 9.59 Å². The van der Waals surface area contributed by atoms with Crippen LogP contribution in [0.5, 0.6) is 0 Å². The molecule has 1 N–H and O–H groups in total. The number of sulfone groups is 1. The van der Waals surface area contributed by atoms with Gasteiger partial charge in [0.15, 0.2) is 15.2 Å². The lowest BCUT2D eigenvalue weighted by atomic mass is 9.96. The molecule has 32 heavy (non-hydrogen) atoms. The summed E-state index contributed by atoms with van der Waals surface area (Å²) in [6, 6.07) is -2.78. The van der Waals surface area contributed by atoms with Gasteiger partial charge in [-0.2, -0.15) is 0 Å². The summed E-state index contributed by atoms with van der Waals surface area (Å²) in [5.74, 6) is -1.93. The Morgan fingerprint density at radius 3 is 2.44 bits per heavy atom. The Bertz CT molecular complexity index is 996. The number of carbonyl (C=O) groups excluding carboxylic acids is 4. The van der Waals surface area contributed by atoms with E-state index in [9.17, 15) is 27.6 Å². The molecule has 3 rings (SSSR count). The van der Waals surface area contributed by atoms with E-state index in [1.165, 1.54) is 43.4 Å². The second-order valence-electron chi connectivity index (χ2n) is 7.64. The Morgan fingerprint density at radius 1 is 1.25 bits per heavy atom. The molecule has 0 saturated carbocycles. The Kier molecular flexibility index (Phi) is 7.01. The van der Waals surface area contributed by atoms with Gasteiger partial charge in [0.05, 0.1) is 10.8 Å². The van der Waals surface area contributed by atoms with Crippen LogP contribution in [0.4, 0.5) is 0 Å². The molecule has 13 heteroatoms. The predicted molar refractivity (Wildman–Crippen MR) is 119 cm³/mol. The van der Waals surface area contributed by atoms with Gasteiger partial charge < -0.3 is 19.7 Å². The van der Waals surface area contributed by atoms with Crippen molar-refractivity contribution in [2.45, 2.75) is 43.0 Å². The van der Waals surface area contributed by atoms with Crippen LogP contribution in [0.2, 0.25) is 0 Å². The quantitative estimate of drug-likeness (QED) is 0.128. The Hall–Kier alpha value is -1.99. The zero-order chi connectivity index (χ0) is 23.8.